The highest BCUT2D eigenvalue weighted by atomic mass is 32.2. The Kier molecular flexibility index (Phi) is 7.04. The van der Waals surface area contributed by atoms with Crippen LogP contribution < -0.4 is 10.5 Å². The molecule has 1 atom stereocenters. The first-order chi connectivity index (χ1) is 14.7. The van der Waals surface area contributed by atoms with Gasteiger partial charge in [0, 0.05) is 17.8 Å². The topological polar surface area (TPSA) is 138 Å². The number of benzene rings is 2. The van der Waals surface area contributed by atoms with Gasteiger partial charge in [0.05, 0.1) is 15.8 Å². The first-order valence-electron chi connectivity index (χ1n) is 9.59. The van der Waals surface area contributed by atoms with Crippen LogP contribution in [-0.4, -0.2) is 34.6 Å². The number of carbonyl (C=O) groups is 1. The lowest BCUT2D eigenvalue weighted by atomic mass is 10.1. The maximum atomic E-state index is 12.7. The summed E-state index contributed by atoms with van der Waals surface area (Å²) in [6.07, 6.45) is 1.20. The van der Waals surface area contributed by atoms with Gasteiger partial charge in [-0.3, -0.25) is 4.79 Å². The van der Waals surface area contributed by atoms with Crippen molar-refractivity contribution in [1.29, 1.82) is 0 Å². The van der Waals surface area contributed by atoms with Crippen molar-refractivity contribution in [2.45, 2.75) is 42.0 Å². The molecule has 1 heterocycles. The predicted molar refractivity (Wildman–Crippen MR) is 121 cm³/mol. The number of imidazole rings is 1. The number of sulfonamides is 1. The number of nitrogens with zero attached hydrogens (tertiary/aromatic N) is 1. The van der Waals surface area contributed by atoms with Crippen molar-refractivity contribution in [3.8, 4) is 5.75 Å². The van der Waals surface area contributed by atoms with Crippen LogP contribution in [0.15, 0.2) is 58.6 Å². The molecule has 3 rings (SSSR count). The summed E-state index contributed by atoms with van der Waals surface area (Å²) in [5, 5.41) is 17.6. The summed E-state index contributed by atoms with van der Waals surface area (Å²) in [7, 11) is -3.78. The third-order valence-electron chi connectivity index (χ3n) is 4.64. The van der Waals surface area contributed by atoms with Gasteiger partial charge in [-0.2, -0.15) is 0 Å². The van der Waals surface area contributed by atoms with Crippen LogP contribution in [0.5, 0.6) is 5.75 Å². The maximum absolute atomic E-state index is 12.7. The number of H-pyrrole nitrogens is 1. The number of nitrogens with two attached hydrogens (primary N) is 1. The average Bonchev–Trinajstić information content (AvgIpc) is 3.06. The summed E-state index contributed by atoms with van der Waals surface area (Å²) >= 11 is 1.34. The number of aromatic nitrogens is 2. The van der Waals surface area contributed by atoms with Crippen molar-refractivity contribution in [1.82, 2.24) is 9.97 Å². The van der Waals surface area contributed by atoms with Gasteiger partial charge in [0.15, 0.2) is 5.16 Å². The number of aromatic hydroxyl groups is 1. The number of nitrogens with one attached hydrogen (secondary N) is 2. The molecule has 8 nitrogen and oxygen atoms in total. The van der Waals surface area contributed by atoms with E-state index >= 15 is 0 Å². The van der Waals surface area contributed by atoms with Gasteiger partial charge in [0.1, 0.15) is 5.75 Å². The number of rotatable bonds is 8. The highest BCUT2D eigenvalue weighted by molar-refractivity contribution is 8.00. The smallest absolute Gasteiger partial charge is 0.238 e. The molecule has 31 heavy (non-hydrogen) atoms. The van der Waals surface area contributed by atoms with E-state index in [1.54, 1.807) is 12.1 Å². The van der Waals surface area contributed by atoms with E-state index in [2.05, 4.69) is 15.3 Å². The predicted octanol–water partition coefficient (Wildman–Crippen LogP) is 3.17. The molecule has 0 bridgehead atoms. The van der Waals surface area contributed by atoms with E-state index < -0.39 is 10.0 Å². The molecule has 2 aromatic carbocycles. The second-order valence-electron chi connectivity index (χ2n) is 7.03. The van der Waals surface area contributed by atoms with Gasteiger partial charge in [-0.1, -0.05) is 30.8 Å². The lowest BCUT2D eigenvalue weighted by Crippen LogP contribution is -2.24. The Hall–Kier alpha value is -2.82. The number of primary sulfonamides is 1. The molecule has 0 spiro atoms. The van der Waals surface area contributed by atoms with Crippen molar-refractivity contribution in [2.75, 3.05) is 5.32 Å². The van der Waals surface area contributed by atoms with E-state index in [0.717, 1.165) is 17.0 Å². The third kappa shape index (κ3) is 6.09. The molecule has 3 aromatic rings. The number of hydrogen-bond donors (Lipinski definition) is 4. The number of aromatic amines is 1. The lowest BCUT2D eigenvalue weighted by molar-refractivity contribution is -0.115. The molecule has 0 radical (unpaired) electrons. The van der Waals surface area contributed by atoms with Crippen LogP contribution in [0.3, 0.4) is 0 Å². The van der Waals surface area contributed by atoms with Crippen LogP contribution in [-0.2, 0) is 21.2 Å². The zero-order chi connectivity index (χ0) is 22.6. The summed E-state index contributed by atoms with van der Waals surface area (Å²) in [5.74, 6) is 0.0137. The minimum absolute atomic E-state index is 0.0147. The Morgan fingerprint density at radius 1 is 1.19 bits per heavy atom. The number of phenols is 1. The third-order valence-corrected chi connectivity index (χ3v) is 6.82. The van der Waals surface area contributed by atoms with E-state index in [1.165, 1.54) is 36.0 Å². The summed E-state index contributed by atoms with van der Waals surface area (Å²) in [4.78, 5) is 20.5. The zero-order valence-electron chi connectivity index (χ0n) is 17.1. The quantitative estimate of drug-likeness (QED) is 0.381. The van der Waals surface area contributed by atoms with Crippen LogP contribution in [0.4, 0.5) is 5.69 Å². The average molecular weight is 461 g/mol. The van der Waals surface area contributed by atoms with Gasteiger partial charge < -0.3 is 15.4 Å². The van der Waals surface area contributed by atoms with Gasteiger partial charge >= 0.3 is 0 Å². The molecule has 1 aromatic heterocycles. The summed E-state index contributed by atoms with van der Waals surface area (Å²) in [5.41, 5.74) is 3.31. The molecular weight excluding hydrogens is 436 g/mol. The second-order valence-corrected chi connectivity index (χ2v) is 9.78. The van der Waals surface area contributed by atoms with Crippen molar-refractivity contribution in [2.24, 2.45) is 5.14 Å². The zero-order valence-corrected chi connectivity index (χ0v) is 18.8. The summed E-state index contributed by atoms with van der Waals surface area (Å²) in [6.45, 7) is 3.84. The fourth-order valence-electron chi connectivity index (χ4n) is 2.91. The van der Waals surface area contributed by atoms with Crippen molar-refractivity contribution < 1.29 is 18.3 Å². The molecule has 1 amide bonds. The van der Waals surface area contributed by atoms with E-state index in [0.29, 0.717) is 23.7 Å². The molecule has 0 saturated heterocycles. The lowest BCUT2D eigenvalue weighted by Gasteiger charge is -2.13. The maximum Gasteiger partial charge on any atom is 0.238 e. The van der Waals surface area contributed by atoms with Gasteiger partial charge in [-0.05, 0) is 55.3 Å². The highest BCUT2D eigenvalue weighted by Gasteiger charge is 2.21. The standard InChI is InChI=1S/C21H24N4O4S2/c1-3-19(20(27)24-15-6-10-17(11-7-15)31(22,28)29)30-21-23-13(2)18(25-21)12-14-4-8-16(26)9-5-14/h4-11,19,26H,3,12H2,1-2H3,(H,23,25)(H,24,27)(H2,22,28,29). The molecule has 0 fully saturated rings. The number of amides is 1. The van der Waals surface area contributed by atoms with E-state index in [4.69, 9.17) is 5.14 Å². The van der Waals surface area contributed by atoms with Crippen LogP contribution >= 0.6 is 11.8 Å². The molecule has 0 aliphatic rings. The van der Waals surface area contributed by atoms with Crippen LogP contribution in [0.1, 0.15) is 30.3 Å². The Bertz CT molecular complexity index is 1160. The van der Waals surface area contributed by atoms with Gasteiger partial charge in [-0.25, -0.2) is 18.5 Å². The molecule has 0 saturated carbocycles. The molecule has 5 N–H and O–H groups in total. The summed E-state index contributed by atoms with van der Waals surface area (Å²) < 4.78 is 22.7. The molecular formula is C21H24N4O4S2. The SMILES string of the molecule is CCC(Sc1nc(Cc2ccc(O)cc2)c(C)[nH]1)C(=O)Nc1ccc(S(N)(=O)=O)cc1. The van der Waals surface area contributed by atoms with E-state index in [1.807, 2.05) is 26.0 Å². The molecule has 164 valence electrons. The second kappa shape index (κ2) is 9.54. The minimum Gasteiger partial charge on any atom is -0.508 e. The number of anilines is 1. The van der Waals surface area contributed by atoms with Gasteiger partial charge in [-0.15, -0.1) is 0 Å². The van der Waals surface area contributed by atoms with Crippen LogP contribution in [0.25, 0.3) is 0 Å². The fraction of sp³-hybridized carbons (Fsp3) is 0.238. The molecule has 0 aliphatic heterocycles. The molecule has 0 aliphatic carbocycles. The Morgan fingerprint density at radius 2 is 1.84 bits per heavy atom. The largest absolute Gasteiger partial charge is 0.508 e. The molecule has 10 heteroatoms. The van der Waals surface area contributed by atoms with Crippen molar-refractivity contribution >= 4 is 33.4 Å². The number of aryl methyl sites for hydroxylation is 1. The monoisotopic (exact) mass is 460 g/mol. The Labute approximate surface area is 185 Å². The van der Waals surface area contributed by atoms with Crippen molar-refractivity contribution in [3.05, 3.63) is 65.5 Å². The van der Waals surface area contributed by atoms with Crippen LogP contribution in [0, 0.1) is 6.92 Å². The Balaban J connectivity index is 1.66. The summed E-state index contributed by atoms with van der Waals surface area (Å²) in [6, 6.07) is 12.7. The minimum atomic E-state index is -3.78. The van der Waals surface area contributed by atoms with Crippen molar-refractivity contribution in [3.63, 3.8) is 0 Å². The van der Waals surface area contributed by atoms with Gasteiger partial charge in [0.25, 0.3) is 0 Å². The number of carbonyl (C=O) groups excluding carboxylic acids is 1. The first-order valence-corrected chi connectivity index (χ1v) is 12.0. The number of thioether (sulfide) groups is 1. The fourth-order valence-corrected chi connectivity index (χ4v) is 4.40. The van der Waals surface area contributed by atoms with Gasteiger partial charge in [0.2, 0.25) is 15.9 Å². The highest BCUT2D eigenvalue weighted by Crippen LogP contribution is 2.26. The number of phenolic OH excluding ortho intramolecular Hbond substituents is 1. The number of hydrogen-bond acceptors (Lipinski definition) is 6. The first kappa shape index (κ1) is 22.9. The van der Waals surface area contributed by atoms with E-state index in [9.17, 15) is 18.3 Å². The molecule has 1 unspecified atom stereocenters. The Morgan fingerprint density at radius 3 is 2.42 bits per heavy atom. The normalized spacial score (nSPS) is 12.5. The van der Waals surface area contributed by atoms with Crippen LogP contribution in [0.2, 0.25) is 0 Å². The van der Waals surface area contributed by atoms with E-state index in [-0.39, 0.29) is 21.8 Å².